The number of methoxy groups -OCH3 is 1. The van der Waals surface area contributed by atoms with E-state index in [9.17, 15) is 23.3 Å². The largest absolute Gasteiger partial charge is 0.493 e. The summed E-state index contributed by atoms with van der Waals surface area (Å²) in [7, 11) is -2.80. The molecular formula is C27H22ClN3O7S. The van der Waals surface area contributed by atoms with Gasteiger partial charge in [-0.1, -0.05) is 48.0 Å². The summed E-state index contributed by atoms with van der Waals surface area (Å²) in [5.41, 5.74) is -0.210. The number of ether oxygens (including phenoxy) is 2. The summed E-state index contributed by atoms with van der Waals surface area (Å²) in [4.78, 5) is 23.9. The van der Waals surface area contributed by atoms with E-state index < -0.39 is 27.4 Å². The van der Waals surface area contributed by atoms with Gasteiger partial charge in [-0.15, -0.1) is 0 Å². The number of nitro benzene ring substituents is 1. The molecule has 1 amide bonds. The van der Waals surface area contributed by atoms with Gasteiger partial charge in [0, 0.05) is 17.2 Å². The number of nitrogens with one attached hydrogen (secondary N) is 1. The van der Waals surface area contributed by atoms with E-state index in [1.165, 1.54) is 55.6 Å². The average molecular weight is 568 g/mol. The molecule has 0 saturated heterocycles. The molecule has 0 aromatic heterocycles. The number of benzene rings is 4. The smallest absolute Gasteiger partial charge is 0.271 e. The molecule has 1 N–H and O–H groups in total. The molecule has 12 heteroatoms. The van der Waals surface area contributed by atoms with Gasteiger partial charge >= 0.3 is 0 Å². The van der Waals surface area contributed by atoms with Crippen LogP contribution in [-0.2, 0) is 14.8 Å². The highest BCUT2D eigenvalue weighted by atomic mass is 35.5. The SMILES string of the molecule is COc1ccccc1Oc1ccc(Cl)cc1NC(=O)CN(c1cccc([N+](=O)[O-])c1)S(=O)(=O)c1ccccc1. The number of hydrogen-bond acceptors (Lipinski definition) is 7. The number of para-hydroxylation sites is 2. The van der Waals surface area contributed by atoms with Crippen molar-refractivity contribution in [2.75, 3.05) is 23.3 Å². The van der Waals surface area contributed by atoms with Gasteiger partial charge < -0.3 is 14.8 Å². The van der Waals surface area contributed by atoms with Crippen LogP contribution in [0.15, 0.2) is 102 Å². The molecule has 0 saturated carbocycles. The topological polar surface area (TPSA) is 128 Å². The van der Waals surface area contributed by atoms with Gasteiger partial charge in [-0.25, -0.2) is 8.42 Å². The van der Waals surface area contributed by atoms with Crippen LogP contribution in [0.1, 0.15) is 0 Å². The quantitative estimate of drug-likeness (QED) is 0.187. The number of amides is 1. The lowest BCUT2D eigenvalue weighted by atomic mass is 10.2. The first-order valence-corrected chi connectivity index (χ1v) is 13.2. The Labute approximate surface area is 229 Å². The Kier molecular flexibility index (Phi) is 8.33. The number of nitrogens with zero attached hydrogens (tertiary/aromatic N) is 2. The summed E-state index contributed by atoms with van der Waals surface area (Å²) < 4.78 is 39.2. The zero-order valence-electron chi connectivity index (χ0n) is 20.5. The number of carbonyl (C=O) groups excluding carboxylic acids is 1. The number of sulfonamides is 1. The first-order chi connectivity index (χ1) is 18.7. The molecule has 0 aliphatic heterocycles. The van der Waals surface area contributed by atoms with Crippen molar-refractivity contribution in [2.45, 2.75) is 4.90 Å². The van der Waals surface area contributed by atoms with Crippen LogP contribution in [-0.4, -0.2) is 32.9 Å². The molecule has 4 aromatic rings. The van der Waals surface area contributed by atoms with Crippen LogP contribution in [0.2, 0.25) is 5.02 Å². The lowest BCUT2D eigenvalue weighted by Gasteiger charge is -2.24. The Balaban J connectivity index is 1.67. The van der Waals surface area contributed by atoms with Crippen LogP contribution in [0.25, 0.3) is 0 Å². The molecule has 0 unspecified atom stereocenters. The van der Waals surface area contributed by atoms with E-state index in [1.54, 1.807) is 42.5 Å². The van der Waals surface area contributed by atoms with Crippen molar-refractivity contribution < 1.29 is 27.6 Å². The molecule has 200 valence electrons. The Bertz CT molecular complexity index is 1610. The van der Waals surface area contributed by atoms with Crippen molar-refractivity contribution in [3.8, 4) is 17.2 Å². The van der Waals surface area contributed by atoms with Crippen LogP contribution in [0.5, 0.6) is 17.2 Å². The molecular weight excluding hydrogens is 546 g/mol. The van der Waals surface area contributed by atoms with Gasteiger partial charge in [-0.3, -0.25) is 19.2 Å². The van der Waals surface area contributed by atoms with E-state index in [1.807, 2.05) is 0 Å². The van der Waals surface area contributed by atoms with Gasteiger partial charge in [0.25, 0.3) is 15.7 Å². The van der Waals surface area contributed by atoms with Gasteiger partial charge in [-0.2, -0.15) is 0 Å². The molecule has 4 rings (SSSR count). The number of non-ortho nitro benzene ring substituents is 1. The fourth-order valence-electron chi connectivity index (χ4n) is 3.63. The third-order valence-corrected chi connectivity index (χ3v) is 7.47. The second-order valence-corrected chi connectivity index (χ2v) is 10.3. The molecule has 0 fully saturated rings. The summed E-state index contributed by atoms with van der Waals surface area (Å²) in [6.07, 6.45) is 0. The van der Waals surface area contributed by atoms with E-state index in [2.05, 4.69) is 5.32 Å². The van der Waals surface area contributed by atoms with Crippen molar-refractivity contribution >= 4 is 44.6 Å². The number of nitro groups is 1. The summed E-state index contributed by atoms with van der Waals surface area (Å²) in [5.74, 6) is 0.316. The maximum atomic E-state index is 13.6. The zero-order chi connectivity index (χ0) is 28.0. The first-order valence-electron chi connectivity index (χ1n) is 11.4. The predicted molar refractivity (Wildman–Crippen MR) is 147 cm³/mol. The van der Waals surface area contributed by atoms with Crippen LogP contribution in [0.3, 0.4) is 0 Å². The number of anilines is 2. The number of rotatable bonds is 10. The van der Waals surface area contributed by atoms with E-state index in [0.717, 1.165) is 10.4 Å². The molecule has 0 atom stereocenters. The maximum absolute atomic E-state index is 13.6. The van der Waals surface area contributed by atoms with E-state index in [0.29, 0.717) is 16.5 Å². The second-order valence-electron chi connectivity index (χ2n) is 8.04. The minimum Gasteiger partial charge on any atom is -0.493 e. The van der Waals surface area contributed by atoms with Gasteiger partial charge in [0.05, 0.1) is 28.3 Å². The highest BCUT2D eigenvalue weighted by molar-refractivity contribution is 7.92. The Morgan fingerprint density at radius 1 is 0.923 bits per heavy atom. The summed E-state index contributed by atoms with van der Waals surface area (Å²) in [6, 6.07) is 23.9. The zero-order valence-corrected chi connectivity index (χ0v) is 22.1. The molecule has 4 aromatic carbocycles. The molecule has 0 radical (unpaired) electrons. The van der Waals surface area contributed by atoms with Crippen molar-refractivity contribution in [3.63, 3.8) is 0 Å². The normalized spacial score (nSPS) is 10.9. The fraction of sp³-hybridized carbons (Fsp3) is 0.0741. The highest BCUT2D eigenvalue weighted by Gasteiger charge is 2.28. The Hall–Kier alpha value is -4.61. The Morgan fingerprint density at radius 2 is 1.62 bits per heavy atom. The van der Waals surface area contributed by atoms with Crippen LogP contribution < -0.4 is 19.1 Å². The molecule has 0 aliphatic carbocycles. The molecule has 0 heterocycles. The summed E-state index contributed by atoms with van der Waals surface area (Å²) >= 11 is 6.16. The van der Waals surface area contributed by atoms with Crippen molar-refractivity contribution in [2.24, 2.45) is 0 Å². The number of halogens is 1. The molecule has 10 nitrogen and oxygen atoms in total. The predicted octanol–water partition coefficient (Wildman–Crippen LogP) is 5.88. The standard InChI is InChI=1S/C27H22ClN3O7S/c1-37-25-12-5-6-13-26(25)38-24-15-14-19(28)16-23(24)29-27(32)18-30(20-8-7-9-21(17-20)31(33)34)39(35,36)22-10-3-2-4-11-22/h2-17H,18H2,1H3,(H,29,32). The maximum Gasteiger partial charge on any atom is 0.271 e. The summed E-state index contributed by atoms with van der Waals surface area (Å²) in [5, 5.41) is 14.3. The molecule has 0 spiro atoms. The molecule has 0 aliphatic rings. The van der Waals surface area contributed by atoms with E-state index in [4.69, 9.17) is 21.1 Å². The fourth-order valence-corrected chi connectivity index (χ4v) is 5.23. The number of carbonyl (C=O) groups is 1. The lowest BCUT2D eigenvalue weighted by molar-refractivity contribution is -0.384. The second kappa shape index (κ2) is 11.8. The lowest BCUT2D eigenvalue weighted by Crippen LogP contribution is -2.38. The molecule has 0 bridgehead atoms. The average Bonchev–Trinajstić information content (AvgIpc) is 2.94. The van der Waals surface area contributed by atoms with E-state index in [-0.39, 0.29) is 27.7 Å². The molecule has 39 heavy (non-hydrogen) atoms. The van der Waals surface area contributed by atoms with Crippen LogP contribution in [0, 0.1) is 10.1 Å². The van der Waals surface area contributed by atoms with Gasteiger partial charge in [0.15, 0.2) is 17.2 Å². The first kappa shape index (κ1) is 27.4. The van der Waals surface area contributed by atoms with E-state index >= 15 is 0 Å². The Morgan fingerprint density at radius 3 is 2.31 bits per heavy atom. The van der Waals surface area contributed by atoms with Gasteiger partial charge in [0.1, 0.15) is 6.54 Å². The summed E-state index contributed by atoms with van der Waals surface area (Å²) in [6.45, 7) is -0.695. The monoisotopic (exact) mass is 567 g/mol. The van der Waals surface area contributed by atoms with Crippen molar-refractivity contribution in [1.82, 2.24) is 0 Å². The van der Waals surface area contributed by atoms with Crippen molar-refractivity contribution in [1.29, 1.82) is 0 Å². The third-order valence-electron chi connectivity index (χ3n) is 5.45. The number of hydrogen-bond donors (Lipinski definition) is 1. The minimum atomic E-state index is -4.28. The minimum absolute atomic E-state index is 0.0557. The third kappa shape index (κ3) is 6.46. The van der Waals surface area contributed by atoms with Crippen LogP contribution >= 0.6 is 11.6 Å². The highest BCUT2D eigenvalue weighted by Crippen LogP contribution is 2.36. The van der Waals surface area contributed by atoms with Gasteiger partial charge in [0.2, 0.25) is 5.91 Å². The van der Waals surface area contributed by atoms with Crippen molar-refractivity contribution in [3.05, 3.63) is 112 Å². The van der Waals surface area contributed by atoms with Crippen LogP contribution in [0.4, 0.5) is 17.1 Å². The van der Waals surface area contributed by atoms with Gasteiger partial charge in [-0.05, 0) is 48.5 Å².